The second-order valence-electron chi connectivity index (χ2n) is 7.31. The third-order valence-corrected chi connectivity index (χ3v) is 6.45. The molecule has 0 aliphatic carbocycles. The zero-order chi connectivity index (χ0) is 19.9. The Morgan fingerprint density at radius 3 is 2.68 bits per heavy atom. The zero-order valence-corrected chi connectivity index (χ0v) is 16.2. The Hall–Kier alpha value is -1.42. The van der Waals surface area contributed by atoms with Crippen molar-refractivity contribution in [2.45, 2.75) is 37.5 Å². The van der Waals surface area contributed by atoms with E-state index >= 15 is 0 Å². The van der Waals surface area contributed by atoms with Crippen LogP contribution in [0, 0.1) is 0 Å². The molecular weight excluding hydrogens is 396 g/mol. The Morgan fingerprint density at radius 1 is 1.25 bits per heavy atom. The van der Waals surface area contributed by atoms with Crippen molar-refractivity contribution < 1.29 is 27.0 Å². The fourth-order valence-corrected chi connectivity index (χ4v) is 5.10. The molecule has 28 heavy (non-hydrogen) atoms. The number of thiophene rings is 1. The van der Waals surface area contributed by atoms with Gasteiger partial charge in [0.15, 0.2) is 6.29 Å². The minimum atomic E-state index is -4.34. The molecule has 3 heterocycles. The molecule has 0 saturated carbocycles. The number of hydrogen-bond acceptors (Lipinski definition) is 5. The van der Waals surface area contributed by atoms with E-state index < -0.39 is 25.1 Å². The molecule has 2 aliphatic rings. The number of halogens is 4. The first-order chi connectivity index (χ1) is 13.3. The molecule has 2 aromatic rings. The van der Waals surface area contributed by atoms with Gasteiger partial charge in [0.05, 0.1) is 40.9 Å². The van der Waals surface area contributed by atoms with Gasteiger partial charge in [-0.1, -0.05) is 12.1 Å². The summed E-state index contributed by atoms with van der Waals surface area (Å²) in [5, 5.41) is 3.75. The quantitative estimate of drug-likeness (QED) is 0.741. The second kappa shape index (κ2) is 7.78. The summed E-state index contributed by atoms with van der Waals surface area (Å²) in [6.07, 6.45) is -6.57. The molecule has 0 amide bonds. The van der Waals surface area contributed by atoms with Crippen LogP contribution < -0.4 is 5.32 Å². The summed E-state index contributed by atoms with van der Waals surface area (Å²) in [7, 11) is 1.88. The summed E-state index contributed by atoms with van der Waals surface area (Å²) in [6.45, 7) is 1.82. The van der Waals surface area contributed by atoms with Crippen molar-refractivity contribution in [2.75, 3.05) is 38.7 Å². The van der Waals surface area contributed by atoms with Crippen molar-refractivity contribution >= 4 is 27.1 Å². The number of fused-ring (bicyclic) bond motifs is 1. The molecule has 2 fully saturated rings. The van der Waals surface area contributed by atoms with Gasteiger partial charge in [-0.25, -0.2) is 4.39 Å². The van der Waals surface area contributed by atoms with E-state index in [4.69, 9.17) is 9.47 Å². The third kappa shape index (κ3) is 4.12. The van der Waals surface area contributed by atoms with Gasteiger partial charge in [0.2, 0.25) is 0 Å². The number of nitrogens with one attached hydrogen (secondary N) is 1. The lowest BCUT2D eigenvalue weighted by molar-refractivity contribution is -0.127. The first-order valence-electron chi connectivity index (χ1n) is 9.25. The third-order valence-electron chi connectivity index (χ3n) is 5.15. The van der Waals surface area contributed by atoms with Crippen LogP contribution in [0.5, 0.6) is 0 Å². The van der Waals surface area contributed by atoms with Crippen LogP contribution in [0.2, 0.25) is 0 Å². The van der Waals surface area contributed by atoms with Gasteiger partial charge in [0, 0.05) is 13.1 Å². The van der Waals surface area contributed by atoms with Gasteiger partial charge >= 0.3 is 6.18 Å². The summed E-state index contributed by atoms with van der Waals surface area (Å²) in [4.78, 5) is 2.38. The predicted molar refractivity (Wildman–Crippen MR) is 101 cm³/mol. The van der Waals surface area contributed by atoms with E-state index in [2.05, 4.69) is 5.32 Å². The molecule has 2 aliphatic heterocycles. The van der Waals surface area contributed by atoms with Crippen LogP contribution >= 0.6 is 11.3 Å². The van der Waals surface area contributed by atoms with E-state index in [1.165, 1.54) is 11.3 Å². The molecule has 2 unspecified atom stereocenters. The van der Waals surface area contributed by atoms with Crippen LogP contribution in [0.1, 0.15) is 23.2 Å². The molecule has 2 saturated heterocycles. The van der Waals surface area contributed by atoms with Gasteiger partial charge in [-0.05, 0) is 30.5 Å². The number of ether oxygens (including phenoxy) is 2. The highest BCUT2D eigenvalue weighted by molar-refractivity contribution is 7.20. The van der Waals surface area contributed by atoms with E-state index in [1.54, 1.807) is 18.2 Å². The molecule has 0 spiro atoms. The number of hydrogen-bond donors (Lipinski definition) is 1. The minimum Gasteiger partial charge on any atom is -0.378 e. The Balaban J connectivity index is 1.71. The fourth-order valence-electron chi connectivity index (χ4n) is 3.80. The molecule has 2 atom stereocenters. The molecule has 0 radical (unpaired) electrons. The van der Waals surface area contributed by atoms with Crippen molar-refractivity contribution in [1.82, 2.24) is 4.90 Å². The molecule has 9 heteroatoms. The van der Waals surface area contributed by atoms with Crippen molar-refractivity contribution in [2.24, 2.45) is 0 Å². The van der Waals surface area contributed by atoms with Gasteiger partial charge in [0.25, 0.3) is 0 Å². The molecule has 0 bridgehead atoms. The molecular formula is C19H22F4N2O2S. The van der Waals surface area contributed by atoms with Gasteiger partial charge in [-0.3, -0.25) is 0 Å². The number of benzene rings is 1. The van der Waals surface area contributed by atoms with E-state index in [1.807, 2.05) is 11.9 Å². The highest BCUT2D eigenvalue weighted by Gasteiger charge is 2.35. The maximum Gasteiger partial charge on any atom is 0.393 e. The number of anilines is 1. The Bertz CT molecular complexity index is 835. The zero-order valence-electron chi connectivity index (χ0n) is 15.4. The van der Waals surface area contributed by atoms with Crippen LogP contribution in [-0.2, 0) is 15.9 Å². The predicted octanol–water partition coefficient (Wildman–Crippen LogP) is 4.51. The minimum absolute atomic E-state index is 0.184. The second-order valence-corrected chi connectivity index (χ2v) is 8.36. The molecule has 4 rings (SSSR count). The normalized spacial score (nSPS) is 24.9. The summed E-state index contributed by atoms with van der Waals surface area (Å²) in [5.74, 6) is 0. The summed E-state index contributed by atoms with van der Waals surface area (Å²) in [5.41, 5.74) is 0.843. The lowest BCUT2D eigenvalue weighted by Crippen LogP contribution is -2.46. The highest BCUT2D eigenvalue weighted by atomic mass is 32.1. The fraction of sp³-hybridized carbons (Fsp3) is 0.579. The van der Waals surface area contributed by atoms with Gasteiger partial charge in [-0.2, -0.15) is 13.2 Å². The van der Waals surface area contributed by atoms with Crippen molar-refractivity contribution in [3.8, 4) is 0 Å². The maximum atomic E-state index is 14.4. The van der Waals surface area contributed by atoms with Crippen LogP contribution in [-0.4, -0.2) is 56.6 Å². The van der Waals surface area contributed by atoms with Gasteiger partial charge in [-0.15, -0.1) is 11.3 Å². The van der Waals surface area contributed by atoms with Crippen molar-refractivity contribution in [1.29, 1.82) is 0 Å². The first-order valence-corrected chi connectivity index (χ1v) is 10.1. The number of likely N-dealkylation sites (tertiary alicyclic amines) is 1. The van der Waals surface area contributed by atoms with Crippen molar-refractivity contribution in [3.63, 3.8) is 0 Å². The van der Waals surface area contributed by atoms with Crippen molar-refractivity contribution in [3.05, 3.63) is 28.6 Å². The molecule has 154 valence electrons. The smallest absolute Gasteiger partial charge is 0.378 e. The SMILES string of the molecule is CN1CCC(Nc2cccc3c(CC(F)(F)F)c(C4OCCO4)sc23)C(F)C1. The lowest BCUT2D eigenvalue weighted by atomic mass is 10.0. The average Bonchev–Trinajstić information content (AvgIpc) is 3.25. The van der Waals surface area contributed by atoms with E-state index in [9.17, 15) is 17.6 Å². The number of piperidine rings is 1. The topological polar surface area (TPSA) is 33.7 Å². The summed E-state index contributed by atoms with van der Waals surface area (Å²) < 4.78 is 65.8. The average molecular weight is 418 g/mol. The van der Waals surface area contributed by atoms with Gasteiger partial charge < -0.3 is 19.7 Å². The number of nitrogens with zero attached hydrogens (tertiary/aromatic N) is 1. The number of rotatable bonds is 4. The maximum absolute atomic E-state index is 14.4. The van der Waals surface area contributed by atoms with E-state index in [0.717, 1.165) is 6.54 Å². The summed E-state index contributed by atoms with van der Waals surface area (Å²) >= 11 is 1.23. The monoisotopic (exact) mass is 418 g/mol. The number of alkyl halides is 4. The standard InChI is InChI=1S/C19H22F4N2O2S/c1-25-6-5-14(13(20)10-25)24-15-4-2-3-11-12(9-19(21,22)23)17(28-16(11)15)18-26-7-8-27-18/h2-4,13-14,18,24H,5-10H2,1H3. The molecule has 1 N–H and O–H groups in total. The first kappa shape index (κ1) is 19.9. The van der Waals surface area contributed by atoms with Crippen LogP contribution in [0.25, 0.3) is 10.1 Å². The van der Waals surface area contributed by atoms with E-state index in [0.29, 0.717) is 46.8 Å². The largest absolute Gasteiger partial charge is 0.393 e. The Morgan fingerprint density at radius 2 is 2.00 bits per heavy atom. The van der Waals surface area contributed by atoms with Gasteiger partial charge in [0.1, 0.15) is 6.17 Å². The molecule has 4 nitrogen and oxygen atoms in total. The molecule has 1 aromatic heterocycles. The Kier molecular flexibility index (Phi) is 5.52. The van der Waals surface area contributed by atoms with Crippen LogP contribution in [0.15, 0.2) is 18.2 Å². The summed E-state index contributed by atoms with van der Waals surface area (Å²) in [6, 6.07) is 4.82. The molecule has 1 aromatic carbocycles. The van der Waals surface area contributed by atoms with E-state index in [-0.39, 0.29) is 11.6 Å². The van der Waals surface area contributed by atoms with Crippen LogP contribution in [0.3, 0.4) is 0 Å². The lowest BCUT2D eigenvalue weighted by Gasteiger charge is -2.33. The highest BCUT2D eigenvalue weighted by Crippen LogP contribution is 2.44. The van der Waals surface area contributed by atoms with Crippen LogP contribution in [0.4, 0.5) is 23.2 Å². The Labute approximate surface area is 164 Å².